The number of nitrogens with one attached hydrogen (secondary N) is 1. The van der Waals surface area contributed by atoms with E-state index in [-0.39, 0.29) is 5.56 Å². The van der Waals surface area contributed by atoms with Gasteiger partial charge in [-0.1, -0.05) is 23.4 Å². The predicted octanol–water partition coefficient (Wildman–Crippen LogP) is 1.96. The maximum atomic E-state index is 14.5. The van der Waals surface area contributed by atoms with Crippen LogP contribution < -0.4 is 5.32 Å². The summed E-state index contributed by atoms with van der Waals surface area (Å²) >= 11 is 0. The van der Waals surface area contributed by atoms with Crippen LogP contribution in [0.1, 0.15) is 15.9 Å². The van der Waals surface area contributed by atoms with Crippen LogP contribution in [0.15, 0.2) is 41.6 Å². The van der Waals surface area contributed by atoms with Crippen LogP contribution >= 0.6 is 0 Å². The number of amides is 1. The molecule has 1 heterocycles. The molecule has 0 bridgehead atoms. The second-order valence-corrected chi connectivity index (χ2v) is 5.17. The number of rotatable bonds is 3. The van der Waals surface area contributed by atoms with Crippen molar-refractivity contribution in [2.45, 2.75) is 0 Å². The Kier molecular flexibility index (Phi) is 4.42. The zero-order valence-corrected chi connectivity index (χ0v) is 13.1. The maximum absolute atomic E-state index is 14.5. The van der Waals surface area contributed by atoms with Gasteiger partial charge in [0.1, 0.15) is 0 Å². The molecule has 9 nitrogen and oxygen atoms in total. The summed E-state index contributed by atoms with van der Waals surface area (Å²) in [4.78, 5) is 49.6. The molecule has 1 aliphatic heterocycles. The van der Waals surface area contributed by atoms with Gasteiger partial charge < -0.3 is 10.2 Å². The van der Waals surface area contributed by atoms with Gasteiger partial charge in [0.05, 0.1) is 21.7 Å². The lowest BCUT2D eigenvalue weighted by molar-refractivity contribution is -0.390. The van der Waals surface area contributed by atoms with Crippen molar-refractivity contribution in [3.63, 3.8) is 0 Å². The molecular weight excluding hydrogens is 368 g/mol. The third-order valence-electron chi connectivity index (χ3n) is 3.51. The summed E-state index contributed by atoms with van der Waals surface area (Å²) in [5.74, 6) is -7.04. The van der Waals surface area contributed by atoms with Crippen LogP contribution in [0.2, 0.25) is 0 Å². The second kappa shape index (κ2) is 6.71. The molecule has 27 heavy (non-hydrogen) atoms. The van der Waals surface area contributed by atoms with Crippen molar-refractivity contribution in [3.05, 3.63) is 69.3 Å². The van der Waals surface area contributed by atoms with Gasteiger partial charge in [0.2, 0.25) is 11.6 Å². The van der Waals surface area contributed by atoms with Crippen LogP contribution in [0.25, 0.3) is 0 Å². The van der Waals surface area contributed by atoms with E-state index in [0.717, 1.165) is 0 Å². The minimum atomic E-state index is -1.74. The molecule has 136 valence electrons. The van der Waals surface area contributed by atoms with Crippen LogP contribution in [0, 0.1) is 21.7 Å². The zero-order valence-electron chi connectivity index (χ0n) is 13.1. The molecule has 0 aliphatic carbocycles. The normalized spacial score (nSPS) is 14.5. The highest BCUT2D eigenvalue weighted by atomic mass is 19.1. The topological polar surface area (TPSA) is 128 Å². The molecular formula is C16H7F2N3O6. The van der Waals surface area contributed by atoms with Crippen molar-refractivity contribution in [2.75, 3.05) is 5.32 Å². The maximum Gasteiger partial charge on any atom is 0.365 e. The van der Waals surface area contributed by atoms with E-state index in [2.05, 4.69) is 9.99 Å². The standard InChI is InChI=1S/C16H7F2N3O6/c17-8-6-9-10(11(18)13(8)21(25)26)12(14(22)15(23)19-9)20-27-16(24)7-4-2-1-3-5-7/h1-6H,(H,19,23). The lowest BCUT2D eigenvalue weighted by Gasteiger charge is -2.17. The number of carbonyl (C=O) groups excluding carboxylic acids is 3. The molecule has 0 spiro atoms. The van der Waals surface area contributed by atoms with E-state index in [1.807, 2.05) is 5.32 Å². The molecule has 1 N–H and O–H groups in total. The smallest absolute Gasteiger partial charge is 0.318 e. The second-order valence-electron chi connectivity index (χ2n) is 5.17. The Hall–Kier alpha value is -4.02. The van der Waals surface area contributed by atoms with Gasteiger partial charge in [0.15, 0.2) is 5.71 Å². The zero-order chi connectivity index (χ0) is 19.7. The molecule has 2 aromatic carbocycles. The Morgan fingerprint density at radius 1 is 1.19 bits per heavy atom. The summed E-state index contributed by atoms with van der Waals surface area (Å²) in [7, 11) is 0. The molecule has 0 fully saturated rings. The number of fused-ring (bicyclic) bond motifs is 1. The summed E-state index contributed by atoms with van der Waals surface area (Å²) in [6.07, 6.45) is 0. The fraction of sp³-hybridized carbons (Fsp3) is 0. The van der Waals surface area contributed by atoms with Crippen molar-refractivity contribution in [2.24, 2.45) is 5.16 Å². The molecule has 0 saturated carbocycles. The SMILES string of the molecule is O=C1Nc2cc(F)c([N+](=O)[O-])c(F)c2C(=NOC(=O)c2ccccc2)C1=O. The monoisotopic (exact) mass is 375 g/mol. The number of carbonyl (C=O) groups is 3. The number of halogens is 2. The predicted molar refractivity (Wildman–Crippen MR) is 85.0 cm³/mol. The Labute approximate surface area is 148 Å². The van der Waals surface area contributed by atoms with Crippen molar-refractivity contribution in [1.29, 1.82) is 0 Å². The van der Waals surface area contributed by atoms with Gasteiger partial charge in [-0.3, -0.25) is 19.7 Å². The van der Waals surface area contributed by atoms with Crippen molar-refractivity contribution in [1.82, 2.24) is 0 Å². The van der Waals surface area contributed by atoms with E-state index < -0.39 is 56.9 Å². The minimum Gasteiger partial charge on any atom is -0.318 e. The number of hydrogen-bond donors (Lipinski definition) is 1. The van der Waals surface area contributed by atoms with Gasteiger partial charge in [-0.2, -0.15) is 8.78 Å². The fourth-order valence-corrected chi connectivity index (χ4v) is 2.31. The summed E-state index contributed by atoms with van der Waals surface area (Å²) in [5, 5.41) is 15.9. The number of ketones is 1. The van der Waals surface area contributed by atoms with Crippen molar-refractivity contribution in [3.8, 4) is 0 Å². The van der Waals surface area contributed by atoms with Gasteiger partial charge in [0.25, 0.3) is 11.7 Å². The molecule has 2 aromatic rings. The first-order chi connectivity index (χ1) is 12.8. The average molecular weight is 375 g/mol. The largest absolute Gasteiger partial charge is 0.365 e. The number of anilines is 1. The molecule has 1 aliphatic rings. The third kappa shape index (κ3) is 3.13. The van der Waals surface area contributed by atoms with Gasteiger partial charge in [-0.25, -0.2) is 4.79 Å². The molecule has 0 radical (unpaired) electrons. The number of benzene rings is 2. The molecule has 0 aromatic heterocycles. The first kappa shape index (κ1) is 17.8. The quantitative estimate of drug-likeness (QED) is 0.378. The lowest BCUT2D eigenvalue weighted by atomic mass is 9.98. The van der Waals surface area contributed by atoms with Crippen molar-refractivity contribution < 1.29 is 32.9 Å². The van der Waals surface area contributed by atoms with E-state index >= 15 is 0 Å². The van der Waals surface area contributed by atoms with E-state index in [1.54, 1.807) is 6.07 Å². The summed E-state index contributed by atoms with van der Waals surface area (Å²) < 4.78 is 28.2. The number of nitrogens with zero attached hydrogens (tertiary/aromatic N) is 2. The first-order valence-corrected chi connectivity index (χ1v) is 7.18. The van der Waals surface area contributed by atoms with Crippen LogP contribution in [-0.4, -0.2) is 28.3 Å². The summed E-state index contributed by atoms with van der Waals surface area (Å²) in [5.41, 5.74) is -3.91. The number of nitro benzene ring substituents is 1. The van der Waals surface area contributed by atoms with Gasteiger partial charge in [-0.15, -0.1) is 0 Å². The highest BCUT2D eigenvalue weighted by Gasteiger charge is 2.39. The fourth-order valence-electron chi connectivity index (χ4n) is 2.31. The molecule has 0 atom stereocenters. The van der Waals surface area contributed by atoms with Crippen LogP contribution in [0.4, 0.5) is 20.2 Å². The molecule has 3 rings (SSSR count). The van der Waals surface area contributed by atoms with E-state index in [9.17, 15) is 33.3 Å². The minimum absolute atomic E-state index is 0.0420. The van der Waals surface area contributed by atoms with E-state index in [0.29, 0.717) is 6.07 Å². The van der Waals surface area contributed by atoms with Gasteiger partial charge in [-0.05, 0) is 12.1 Å². The molecule has 1 amide bonds. The third-order valence-corrected chi connectivity index (χ3v) is 3.51. The Balaban J connectivity index is 2.10. The van der Waals surface area contributed by atoms with E-state index in [1.165, 1.54) is 24.3 Å². The Morgan fingerprint density at radius 3 is 2.48 bits per heavy atom. The molecule has 0 saturated heterocycles. The summed E-state index contributed by atoms with van der Waals surface area (Å²) in [6, 6.07) is 7.86. The Bertz CT molecular complexity index is 1040. The highest BCUT2D eigenvalue weighted by Crippen LogP contribution is 2.33. The molecule has 11 heteroatoms. The van der Waals surface area contributed by atoms with E-state index in [4.69, 9.17) is 0 Å². The van der Waals surface area contributed by atoms with Gasteiger partial charge in [0, 0.05) is 6.07 Å². The van der Waals surface area contributed by atoms with Crippen LogP contribution in [-0.2, 0) is 14.4 Å². The number of Topliss-reactive ketones (excluding diaryl/α,β-unsaturated/α-hetero) is 1. The van der Waals surface area contributed by atoms with Crippen LogP contribution in [0.3, 0.4) is 0 Å². The van der Waals surface area contributed by atoms with Gasteiger partial charge >= 0.3 is 11.7 Å². The average Bonchev–Trinajstić information content (AvgIpc) is 2.62. The number of oxime groups is 1. The lowest BCUT2D eigenvalue weighted by Crippen LogP contribution is -2.37. The Morgan fingerprint density at radius 2 is 1.85 bits per heavy atom. The number of nitro groups is 1. The number of hydrogen-bond acceptors (Lipinski definition) is 7. The highest BCUT2D eigenvalue weighted by molar-refractivity contribution is 6.72. The summed E-state index contributed by atoms with van der Waals surface area (Å²) in [6.45, 7) is 0. The molecule has 0 unspecified atom stereocenters. The van der Waals surface area contributed by atoms with Crippen LogP contribution in [0.5, 0.6) is 0 Å². The van der Waals surface area contributed by atoms with Crippen molar-refractivity contribution >= 4 is 34.7 Å². The first-order valence-electron chi connectivity index (χ1n) is 7.18.